The van der Waals surface area contributed by atoms with E-state index in [9.17, 15) is 0 Å². The summed E-state index contributed by atoms with van der Waals surface area (Å²) in [6.07, 6.45) is 6.35. The molecular formula is C17H27NO2. The second kappa shape index (κ2) is 8.28. The van der Waals surface area contributed by atoms with Gasteiger partial charge in [0.1, 0.15) is 11.9 Å². The maximum atomic E-state index is 6.07. The minimum Gasteiger partial charge on any atom is -0.490 e. The van der Waals surface area contributed by atoms with Crippen molar-refractivity contribution in [2.45, 2.75) is 57.8 Å². The van der Waals surface area contributed by atoms with E-state index >= 15 is 0 Å². The molecule has 1 aromatic carbocycles. The van der Waals surface area contributed by atoms with E-state index in [-0.39, 0.29) is 0 Å². The summed E-state index contributed by atoms with van der Waals surface area (Å²) < 4.78 is 11.5. The molecule has 1 N–H and O–H groups in total. The summed E-state index contributed by atoms with van der Waals surface area (Å²) in [4.78, 5) is 0. The maximum Gasteiger partial charge on any atom is 0.119 e. The maximum absolute atomic E-state index is 6.07. The van der Waals surface area contributed by atoms with Gasteiger partial charge in [-0.15, -0.1) is 0 Å². The molecule has 2 rings (SSSR count). The van der Waals surface area contributed by atoms with Crippen LogP contribution in [0.2, 0.25) is 0 Å². The van der Waals surface area contributed by atoms with Crippen molar-refractivity contribution >= 4 is 0 Å². The number of rotatable bonds is 7. The van der Waals surface area contributed by atoms with Gasteiger partial charge in [-0.05, 0) is 49.9 Å². The molecule has 1 saturated carbocycles. The fraction of sp³-hybridized carbons (Fsp3) is 0.647. The van der Waals surface area contributed by atoms with Crippen molar-refractivity contribution in [2.75, 3.05) is 13.7 Å². The lowest BCUT2D eigenvalue weighted by Crippen LogP contribution is -2.29. The Hall–Kier alpha value is -1.06. The summed E-state index contributed by atoms with van der Waals surface area (Å²) in [6, 6.07) is 8.46. The van der Waals surface area contributed by atoms with Crippen LogP contribution in [0.1, 0.15) is 44.6 Å². The fourth-order valence-electron chi connectivity index (χ4n) is 2.71. The summed E-state index contributed by atoms with van der Waals surface area (Å²) in [5.41, 5.74) is 1.31. The Morgan fingerprint density at radius 1 is 1.15 bits per heavy atom. The molecule has 0 amide bonds. The molecule has 3 nitrogen and oxygen atoms in total. The smallest absolute Gasteiger partial charge is 0.119 e. The van der Waals surface area contributed by atoms with E-state index in [0.29, 0.717) is 12.2 Å². The number of nitrogens with one attached hydrogen (secondary N) is 1. The molecule has 20 heavy (non-hydrogen) atoms. The summed E-state index contributed by atoms with van der Waals surface area (Å²) in [6.45, 7) is 4.18. The van der Waals surface area contributed by atoms with Gasteiger partial charge in [-0.2, -0.15) is 0 Å². The number of methoxy groups -OCH3 is 1. The van der Waals surface area contributed by atoms with Crippen molar-refractivity contribution in [1.29, 1.82) is 0 Å². The van der Waals surface area contributed by atoms with Crippen LogP contribution in [0.25, 0.3) is 0 Å². The highest BCUT2D eigenvalue weighted by molar-refractivity contribution is 5.27. The minimum absolute atomic E-state index is 0.303. The van der Waals surface area contributed by atoms with E-state index in [1.54, 1.807) is 7.11 Å². The number of benzene rings is 1. The average Bonchev–Trinajstić information content (AvgIpc) is 2.49. The Kier molecular flexibility index (Phi) is 6.34. The average molecular weight is 277 g/mol. The second-order valence-electron chi connectivity index (χ2n) is 5.58. The van der Waals surface area contributed by atoms with Crippen LogP contribution >= 0.6 is 0 Å². The van der Waals surface area contributed by atoms with Crippen LogP contribution in [-0.4, -0.2) is 25.9 Å². The van der Waals surface area contributed by atoms with Crippen molar-refractivity contribution in [2.24, 2.45) is 0 Å². The number of hydrogen-bond acceptors (Lipinski definition) is 3. The highest BCUT2D eigenvalue weighted by atomic mass is 16.5. The van der Waals surface area contributed by atoms with Gasteiger partial charge < -0.3 is 14.8 Å². The fourth-order valence-corrected chi connectivity index (χ4v) is 2.71. The Labute approximate surface area is 122 Å². The third-order valence-electron chi connectivity index (χ3n) is 3.89. The predicted molar refractivity (Wildman–Crippen MR) is 82.1 cm³/mol. The van der Waals surface area contributed by atoms with E-state index in [1.165, 1.54) is 24.8 Å². The molecule has 1 aromatic rings. The van der Waals surface area contributed by atoms with E-state index in [4.69, 9.17) is 9.47 Å². The SMILES string of the molecule is CCCNCc1ccc(OC2CCCC(OC)C2)cc1. The standard InChI is InChI=1S/C17H27NO2/c1-3-11-18-13-14-7-9-15(10-8-14)20-17-6-4-5-16(12-17)19-2/h7-10,16-18H,3-6,11-13H2,1-2H3. The predicted octanol–water partition coefficient (Wildman–Crippen LogP) is 3.52. The molecule has 0 bridgehead atoms. The zero-order valence-electron chi connectivity index (χ0n) is 12.7. The number of ether oxygens (including phenoxy) is 2. The topological polar surface area (TPSA) is 30.5 Å². The molecule has 3 heteroatoms. The van der Waals surface area contributed by atoms with Crippen LogP contribution in [-0.2, 0) is 11.3 Å². The van der Waals surface area contributed by atoms with Gasteiger partial charge in [-0.1, -0.05) is 19.1 Å². The Morgan fingerprint density at radius 2 is 1.90 bits per heavy atom. The van der Waals surface area contributed by atoms with Crippen LogP contribution < -0.4 is 10.1 Å². The quantitative estimate of drug-likeness (QED) is 0.774. The van der Waals surface area contributed by atoms with Gasteiger partial charge in [-0.25, -0.2) is 0 Å². The highest BCUT2D eigenvalue weighted by Crippen LogP contribution is 2.25. The van der Waals surface area contributed by atoms with Crippen molar-refractivity contribution in [3.8, 4) is 5.75 Å². The Bertz CT molecular complexity index is 377. The second-order valence-corrected chi connectivity index (χ2v) is 5.58. The summed E-state index contributed by atoms with van der Waals surface area (Å²) in [5.74, 6) is 0.978. The molecule has 0 heterocycles. The van der Waals surface area contributed by atoms with Crippen LogP contribution in [0, 0.1) is 0 Å². The van der Waals surface area contributed by atoms with Crippen molar-refractivity contribution < 1.29 is 9.47 Å². The van der Waals surface area contributed by atoms with Gasteiger partial charge in [0, 0.05) is 20.1 Å². The zero-order valence-corrected chi connectivity index (χ0v) is 12.7. The molecule has 0 radical (unpaired) electrons. The lowest BCUT2D eigenvalue weighted by molar-refractivity contribution is 0.0209. The van der Waals surface area contributed by atoms with Crippen molar-refractivity contribution in [3.05, 3.63) is 29.8 Å². The molecule has 0 aliphatic heterocycles. The van der Waals surface area contributed by atoms with Crippen LogP contribution in [0.4, 0.5) is 0 Å². The molecular weight excluding hydrogens is 250 g/mol. The van der Waals surface area contributed by atoms with Crippen molar-refractivity contribution in [3.63, 3.8) is 0 Å². The molecule has 112 valence electrons. The molecule has 1 fully saturated rings. The molecule has 2 atom stereocenters. The minimum atomic E-state index is 0.303. The molecule has 0 spiro atoms. The third-order valence-corrected chi connectivity index (χ3v) is 3.89. The first-order chi connectivity index (χ1) is 9.81. The first-order valence-corrected chi connectivity index (χ1v) is 7.81. The van der Waals surface area contributed by atoms with Crippen molar-refractivity contribution in [1.82, 2.24) is 5.32 Å². The van der Waals surface area contributed by atoms with Gasteiger partial charge in [0.15, 0.2) is 0 Å². The Balaban J connectivity index is 1.80. The molecule has 2 unspecified atom stereocenters. The monoisotopic (exact) mass is 277 g/mol. The van der Waals surface area contributed by atoms with Crippen LogP contribution in [0.3, 0.4) is 0 Å². The highest BCUT2D eigenvalue weighted by Gasteiger charge is 2.22. The first kappa shape index (κ1) is 15.3. The molecule has 1 aliphatic carbocycles. The zero-order chi connectivity index (χ0) is 14.2. The normalized spacial score (nSPS) is 22.7. The van der Waals surface area contributed by atoms with E-state index < -0.39 is 0 Å². The first-order valence-electron chi connectivity index (χ1n) is 7.81. The third kappa shape index (κ3) is 4.80. The van der Waals surface area contributed by atoms with Gasteiger partial charge in [0.25, 0.3) is 0 Å². The number of hydrogen-bond donors (Lipinski definition) is 1. The summed E-state index contributed by atoms with van der Waals surface area (Å²) >= 11 is 0. The van der Waals surface area contributed by atoms with Crippen LogP contribution in [0.5, 0.6) is 5.75 Å². The summed E-state index contributed by atoms with van der Waals surface area (Å²) in [5, 5.41) is 3.41. The van der Waals surface area contributed by atoms with Gasteiger partial charge >= 0.3 is 0 Å². The molecule has 0 aromatic heterocycles. The van der Waals surface area contributed by atoms with E-state index in [2.05, 4.69) is 36.5 Å². The lowest BCUT2D eigenvalue weighted by Gasteiger charge is -2.28. The van der Waals surface area contributed by atoms with Crippen LogP contribution in [0.15, 0.2) is 24.3 Å². The summed E-state index contributed by atoms with van der Waals surface area (Å²) in [7, 11) is 1.80. The lowest BCUT2D eigenvalue weighted by atomic mass is 9.95. The van der Waals surface area contributed by atoms with Gasteiger partial charge in [0.05, 0.1) is 6.10 Å². The molecule has 0 saturated heterocycles. The largest absolute Gasteiger partial charge is 0.490 e. The molecule has 1 aliphatic rings. The van der Waals surface area contributed by atoms with E-state index in [1.807, 2.05) is 0 Å². The van der Waals surface area contributed by atoms with Gasteiger partial charge in [0.2, 0.25) is 0 Å². The van der Waals surface area contributed by atoms with E-state index in [0.717, 1.165) is 31.7 Å². The Morgan fingerprint density at radius 3 is 2.60 bits per heavy atom. The van der Waals surface area contributed by atoms with Gasteiger partial charge in [-0.3, -0.25) is 0 Å².